The monoisotopic (exact) mass is 212 g/mol. The fourth-order valence-electron chi connectivity index (χ4n) is 1.91. The van der Waals surface area contributed by atoms with Crippen LogP contribution in [0.1, 0.15) is 41.0 Å². The minimum absolute atomic E-state index is 0.0112. The highest BCUT2D eigenvalue weighted by Gasteiger charge is 2.50. The molecular formula is C11H20N2O2. The molecule has 0 aliphatic carbocycles. The maximum atomic E-state index is 12.2. The van der Waals surface area contributed by atoms with Gasteiger partial charge in [0.2, 0.25) is 11.8 Å². The van der Waals surface area contributed by atoms with E-state index in [-0.39, 0.29) is 11.8 Å². The van der Waals surface area contributed by atoms with Gasteiger partial charge in [0.1, 0.15) is 11.1 Å². The van der Waals surface area contributed by atoms with Crippen LogP contribution in [-0.4, -0.2) is 34.3 Å². The standard InChI is InChI=1S/C11H20N2O2/c1-6-11(5)9(15)13(7-2)10(3,4)8(14)12-11/h6-7H2,1-5H3,(H,12,14). The Hall–Kier alpha value is -1.06. The minimum Gasteiger partial charge on any atom is -0.340 e. The van der Waals surface area contributed by atoms with Crippen molar-refractivity contribution in [3.05, 3.63) is 0 Å². The Morgan fingerprint density at radius 3 is 2.13 bits per heavy atom. The Balaban J connectivity index is 3.12. The lowest BCUT2D eigenvalue weighted by Crippen LogP contribution is -2.72. The second kappa shape index (κ2) is 3.51. The number of carbonyl (C=O) groups excluding carboxylic acids is 2. The first-order valence-corrected chi connectivity index (χ1v) is 5.44. The molecule has 4 nitrogen and oxygen atoms in total. The first-order chi connectivity index (χ1) is 6.79. The minimum atomic E-state index is -0.736. The van der Waals surface area contributed by atoms with Gasteiger partial charge < -0.3 is 10.2 Å². The fraction of sp³-hybridized carbons (Fsp3) is 0.818. The highest BCUT2D eigenvalue weighted by Crippen LogP contribution is 2.27. The van der Waals surface area contributed by atoms with E-state index in [9.17, 15) is 9.59 Å². The van der Waals surface area contributed by atoms with Gasteiger partial charge in [0.15, 0.2) is 0 Å². The molecule has 1 N–H and O–H groups in total. The maximum absolute atomic E-state index is 12.2. The fourth-order valence-corrected chi connectivity index (χ4v) is 1.91. The third-order valence-electron chi connectivity index (χ3n) is 3.36. The van der Waals surface area contributed by atoms with Crippen molar-refractivity contribution < 1.29 is 9.59 Å². The Morgan fingerprint density at radius 1 is 1.20 bits per heavy atom. The molecular weight excluding hydrogens is 192 g/mol. The van der Waals surface area contributed by atoms with Crippen molar-refractivity contribution in [1.29, 1.82) is 0 Å². The molecule has 4 heteroatoms. The lowest BCUT2D eigenvalue weighted by molar-refractivity contribution is -0.160. The molecule has 2 amide bonds. The van der Waals surface area contributed by atoms with E-state index in [0.717, 1.165) is 0 Å². The van der Waals surface area contributed by atoms with Gasteiger partial charge in [0.25, 0.3) is 0 Å². The normalized spacial score (nSPS) is 30.3. The van der Waals surface area contributed by atoms with Crippen LogP contribution in [0.3, 0.4) is 0 Å². The predicted molar refractivity (Wildman–Crippen MR) is 58.3 cm³/mol. The number of carbonyl (C=O) groups is 2. The number of nitrogens with one attached hydrogen (secondary N) is 1. The van der Waals surface area contributed by atoms with Crippen molar-refractivity contribution in [2.75, 3.05) is 6.54 Å². The van der Waals surface area contributed by atoms with Crippen molar-refractivity contribution in [1.82, 2.24) is 10.2 Å². The summed E-state index contributed by atoms with van der Waals surface area (Å²) in [6.45, 7) is 9.70. The zero-order valence-electron chi connectivity index (χ0n) is 10.2. The molecule has 0 aromatic heterocycles. The first-order valence-electron chi connectivity index (χ1n) is 5.44. The first kappa shape index (κ1) is 12.0. The zero-order valence-corrected chi connectivity index (χ0v) is 10.2. The van der Waals surface area contributed by atoms with Crippen LogP contribution < -0.4 is 5.32 Å². The molecule has 1 unspecified atom stereocenters. The van der Waals surface area contributed by atoms with Crippen molar-refractivity contribution in [3.63, 3.8) is 0 Å². The van der Waals surface area contributed by atoms with Crippen LogP contribution >= 0.6 is 0 Å². The molecule has 0 radical (unpaired) electrons. The van der Waals surface area contributed by atoms with Crippen LogP contribution in [0.2, 0.25) is 0 Å². The molecule has 1 saturated heterocycles. The summed E-state index contributed by atoms with van der Waals surface area (Å²) < 4.78 is 0. The van der Waals surface area contributed by atoms with Crippen LogP contribution in [-0.2, 0) is 9.59 Å². The van der Waals surface area contributed by atoms with Gasteiger partial charge in [-0.25, -0.2) is 0 Å². The molecule has 1 aliphatic heterocycles. The van der Waals surface area contributed by atoms with Gasteiger partial charge in [0, 0.05) is 6.54 Å². The number of rotatable bonds is 2. The van der Waals surface area contributed by atoms with Crippen LogP contribution in [0, 0.1) is 0 Å². The van der Waals surface area contributed by atoms with E-state index >= 15 is 0 Å². The summed E-state index contributed by atoms with van der Waals surface area (Å²) >= 11 is 0. The van der Waals surface area contributed by atoms with Crippen molar-refractivity contribution >= 4 is 11.8 Å². The molecule has 0 saturated carbocycles. The second-order valence-corrected chi connectivity index (χ2v) is 4.75. The van der Waals surface area contributed by atoms with Gasteiger partial charge >= 0.3 is 0 Å². The molecule has 1 rings (SSSR count). The van der Waals surface area contributed by atoms with Crippen LogP contribution in [0.15, 0.2) is 0 Å². The van der Waals surface area contributed by atoms with Crippen molar-refractivity contribution in [2.45, 2.75) is 52.1 Å². The Bertz CT molecular complexity index is 299. The molecule has 86 valence electrons. The van der Waals surface area contributed by atoms with Gasteiger partial charge in [-0.1, -0.05) is 6.92 Å². The van der Waals surface area contributed by atoms with E-state index in [1.807, 2.05) is 13.8 Å². The highest BCUT2D eigenvalue weighted by molar-refractivity contribution is 6.01. The molecule has 1 heterocycles. The van der Waals surface area contributed by atoms with Crippen molar-refractivity contribution in [3.8, 4) is 0 Å². The quantitative estimate of drug-likeness (QED) is 0.739. The predicted octanol–water partition coefficient (Wildman–Crippen LogP) is 0.912. The maximum Gasteiger partial charge on any atom is 0.248 e. The third kappa shape index (κ3) is 1.62. The lowest BCUT2D eigenvalue weighted by atomic mass is 9.87. The van der Waals surface area contributed by atoms with Gasteiger partial charge in [0.05, 0.1) is 0 Å². The van der Waals surface area contributed by atoms with Gasteiger partial charge in [-0.15, -0.1) is 0 Å². The Labute approximate surface area is 91.0 Å². The van der Waals surface area contributed by atoms with E-state index in [1.165, 1.54) is 0 Å². The number of nitrogens with zero attached hydrogens (tertiary/aromatic N) is 1. The summed E-state index contributed by atoms with van der Waals surface area (Å²) in [6, 6.07) is 0. The number of amides is 2. The van der Waals surface area contributed by atoms with E-state index in [0.29, 0.717) is 13.0 Å². The van der Waals surface area contributed by atoms with Crippen LogP contribution in [0.5, 0.6) is 0 Å². The van der Waals surface area contributed by atoms with Gasteiger partial charge in [-0.05, 0) is 34.1 Å². The summed E-state index contributed by atoms with van der Waals surface area (Å²) in [5.74, 6) is -0.0644. The molecule has 0 aromatic rings. The number of hydrogen-bond acceptors (Lipinski definition) is 2. The number of likely N-dealkylation sites (N-methyl/N-ethyl adjacent to an activating group) is 1. The molecule has 1 atom stereocenters. The third-order valence-corrected chi connectivity index (χ3v) is 3.36. The van der Waals surface area contributed by atoms with Gasteiger partial charge in [-0.2, -0.15) is 0 Å². The largest absolute Gasteiger partial charge is 0.340 e. The summed E-state index contributed by atoms with van der Waals surface area (Å²) in [5.41, 5.74) is -1.47. The average molecular weight is 212 g/mol. The zero-order chi connectivity index (χ0) is 11.9. The van der Waals surface area contributed by atoms with E-state index in [2.05, 4.69) is 5.32 Å². The highest BCUT2D eigenvalue weighted by atomic mass is 16.2. The Kier molecular flexibility index (Phi) is 2.81. The van der Waals surface area contributed by atoms with E-state index < -0.39 is 11.1 Å². The summed E-state index contributed by atoms with van der Waals surface area (Å²) in [5, 5.41) is 2.82. The molecule has 1 aliphatic rings. The van der Waals surface area contributed by atoms with E-state index in [4.69, 9.17) is 0 Å². The van der Waals surface area contributed by atoms with Crippen LogP contribution in [0.25, 0.3) is 0 Å². The van der Waals surface area contributed by atoms with Crippen molar-refractivity contribution in [2.24, 2.45) is 0 Å². The Morgan fingerprint density at radius 2 is 1.73 bits per heavy atom. The number of hydrogen-bond donors (Lipinski definition) is 1. The number of piperazine rings is 1. The molecule has 1 fully saturated rings. The van der Waals surface area contributed by atoms with Crippen LogP contribution in [0.4, 0.5) is 0 Å². The summed E-state index contributed by atoms with van der Waals surface area (Å²) in [4.78, 5) is 25.7. The smallest absolute Gasteiger partial charge is 0.248 e. The lowest BCUT2D eigenvalue weighted by Gasteiger charge is -2.48. The SMILES string of the molecule is CCN1C(=O)C(C)(CC)NC(=O)C1(C)C. The van der Waals surface area contributed by atoms with Gasteiger partial charge in [-0.3, -0.25) is 9.59 Å². The molecule has 0 spiro atoms. The second-order valence-electron chi connectivity index (χ2n) is 4.75. The topological polar surface area (TPSA) is 49.4 Å². The summed E-state index contributed by atoms with van der Waals surface area (Å²) in [7, 11) is 0. The molecule has 0 aromatic carbocycles. The molecule has 0 bridgehead atoms. The van der Waals surface area contributed by atoms with E-state index in [1.54, 1.807) is 25.7 Å². The average Bonchev–Trinajstić information content (AvgIpc) is 2.16. The summed E-state index contributed by atoms with van der Waals surface area (Å²) in [6.07, 6.45) is 0.615. The molecule has 15 heavy (non-hydrogen) atoms.